The van der Waals surface area contributed by atoms with E-state index in [1.165, 1.54) is 4.90 Å². The predicted molar refractivity (Wildman–Crippen MR) is 83.4 cm³/mol. The van der Waals surface area contributed by atoms with Crippen LogP contribution in [0.15, 0.2) is 0 Å². The molecule has 0 aromatic carbocycles. The largest absolute Gasteiger partial charge is 0.465 e. The molecule has 0 unspecified atom stereocenters. The average molecular weight is 323 g/mol. The van der Waals surface area contributed by atoms with Crippen molar-refractivity contribution in [3.63, 3.8) is 0 Å². The van der Waals surface area contributed by atoms with Crippen LogP contribution < -0.4 is 0 Å². The van der Waals surface area contributed by atoms with Gasteiger partial charge < -0.3 is 10.0 Å². The number of amides is 1. The van der Waals surface area contributed by atoms with Gasteiger partial charge in [0.2, 0.25) is 5.92 Å². The number of hydrogen-bond acceptors (Lipinski definition) is 2. The monoisotopic (exact) mass is 323 g/mol. The summed E-state index contributed by atoms with van der Waals surface area (Å²) in [5, 5.41) is 9.52. The summed E-state index contributed by atoms with van der Waals surface area (Å²) >= 11 is 1.77. The molecule has 0 radical (unpaired) electrons. The Hall–Kier alpha value is -0.520. The van der Waals surface area contributed by atoms with Crippen LogP contribution >= 0.6 is 11.8 Å². The molecule has 3 nitrogen and oxygen atoms in total. The fourth-order valence-corrected chi connectivity index (χ4v) is 3.79. The van der Waals surface area contributed by atoms with Crippen LogP contribution in [0.4, 0.5) is 13.6 Å². The number of nitrogens with zero attached hydrogens (tertiary/aromatic N) is 1. The molecule has 1 saturated carbocycles. The quantitative estimate of drug-likeness (QED) is 0.710. The fourth-order valence-electron chi connectivity index (χ4n) is 2.52. The zero-order chi connectivity index (χ0) is 16.1. The Bertz CT molecular complexity index is 335. The number of carboxylic acid groups (broad SMARTS) is 1. The van der Waals surface area contributed by atoms with Crippen molar-refractivity contribution in [3.05, 3.63) is 0 Å². The van der Waals surface area contributed by atoms with Gasteiger partial charge in [-0.3, -0.25) is 0 Å². The maximum atomic E-state index is 13.0. The minimum absolute atomic E-state index is 0.0154. The van der Waals surface area contributed by atoms with Crippen LogP contribution in [-0.4, -0.2) is 45.1 Å². The number of unbranched alkanes of at least 4 members (excludes halogenated alkanes) is 1. The van der Waals surface area contributed by atoms with Crippen molar-refractivity contribution in [1.29, 1.82) is 0 Å². The maximum Gasteiger partial charge on any atom is 0.407 e. The van der Waals surface area contributed by atoms with Crippen LogP contribution in [0.25, 0.3) is 0 Å². The molecule has 1 rings (SSSR count). The molecule has 1 fully saturated rings. The summed E-state index contributed by atoms with van der Waals surface area (Å²) in [5.41, 5.74) is -0.381. The van der Waals surface area contributed by atoms with E-state index in [1.54, 1.807) is 11.8 Å². The van der Waals surface area contributed by atoms with Crippen LogP contribution in [0.3, 0.4) is 0 Å². The van der Waals surface area contributed by atoms with Crippen molar-refractivity contribution in [1.82, 2.24) is 4.90 Å². The van der Waals surface area contributed by atoms with Crippen molar-refractivity contribution in [2.24, 2.45) is 0 Å². The van der Waals surface area contributed by atoms with E-state index < -0.39 is 12.0 Å². The van der Waals surface area contributed by atoms with E-state index in [-0.39, 0.29) is 18.4 Å². The molecule has 21 heavy (non-hydrogen) atoms. The van der Waals surface area contributed by atoms with Crippen molar-refractivity contribution < 1.29 is 18.7 Å². The molecule has 1 aliphatic rings. The summed E-state index contributed by atoms with van der Waals surface area (Å²) in [6.07, 6.45) is 2.09. The summed E-state index contributed by atoms with van der Waals surface area (Å²) < 4.78 is 26.1. The van der Waals surface area contributed by atoms with Gasteiger partial charge in [0.1, 0.15) is 0 Å². The molecular formula is C15H27F2NO2S. The summed E-state index contributed by atoms with van der Waals surface area (Å²) in [6, 6.07) is 0. The Morgan fingerprint density at radius 2 is 1.86 bits per heavy atom. The van der Waals surface area contributed by atoms with E-state index in [0.29, 0.717) is 24.6 Å². The van der Waals surface area contributed by atoms with E-state index in [1.807, 2.05) is 20.8 Å². The highest BCUT2D eigenvalue weighted by molar-refractivity contribution is 7.99. The highest BCUT2D eigenvalue weighted by Crippen LogP contribution is 2.38. The van der Waals surface area contributed by atoms with E-state index in [9.17, 15) is 13.6 Å². The summed E-state index contributed by atoms with van der Waals surface area (Å²) in [5.74, 6) is -1.53. The van der Waals surface area contributed by atoms with Gasteiger partial charge in [-0.05, 0) is 52.2 Å². The molecule has 0 saturated heterocycles. The van der Waals surface area contributed by atoms with Gasteiger partial charge in [0, 0.05) is 30.2 Å². The van der Waals surface area contributed by atoms with E-state index in [0.717, 1.165) is 18.6 Å². The van der Waals surface area contributed by atoms with Gasteiger partial charge >= 0.3 is 6.09 Å². The standard InChI is InChI=1S/C15H27F2NO2S/c1-14(2,3)18(13(19)20)10-4-5-11-21-12-6-8-15(16,17)9-7-12/h12H,4-11H2,1-3H3,(H,19,20). The van der Waals surface area contributed by atoms with Crippen LogP contribution in [0.5, 0.6) is 0 Å². The molecule has 124 valence electrons. The molecule has 0 heterocycles. The number of halogens is 2. The minimum Gasteiger partial charge on any atom is -0.465 e. The molecule has 0 aliphatic heterocycles. The van der Waals surface area contributed by atoms with Crippen LogP contribution in [0, 0.1) is 0 Å². The Balaban J connectivity index is 2.16. The first-order chi connectivity index (χ1) is 9.62. The van der Waals surface area contributed by atoms with Crippen molar-refractivity contribution in [3.8, 4) is 0 Å². The molecule has 6 heteroatoms. The first-order valence-corrected chi connectivity index (χ1v) is 8.67. The number of thioether (sulfide) groups is 1. The molecule has 0 atom stereocenters. The van der Waals surface area contributed by atoms with E-state index in [2.05, 4.69) is 0 Å². The fraction of sp³-hybridized carbons (Fsp3) is 0.933. The molecule has 1 amide bonds. The Morgan fingerprint density at radius 3 is 2.33 bits per heavy atom. The summed E-state index contributed by atoms with van der Waals surface area (Å²) in [7, 11) is 0. The Kier molecular flexibility index (Phi) is 6.75. The zero-order valence-electron chi connectivity index (χ0n) is 13.2. The number of rotatable bonds is 6. The highest BCUT2D eigenvalue weighted by atomic mass is 32.2. The van der Waals surface area contributed by atoms with Crippen molar-refractivity contribution in [2.45, 2.75) is 76.0 Å². The van der Waals surface area contributed by atoms with Gasteiger partial charge in [0.05, 0.1) is 0 Å². The lowest BCUT2D eigenvalue weighted by Crippen LogP contribution is -2.45. The molecular weight excluding hydrogens is 296 g/mol. The third kappa shape index (κ3) is 6.85. The Morgan fingerprint density at radius 1 is 1.29 bits per heavy atom. The van der Waals surface area contributed by atoms with Gasteiger partial charge in [-0.25, -0.2) is 13.6 Å². The summed E-state index contributed by atoms with van der Waals surface area (Å²) in [6.45, 7) is 6.19. The maximum absolute atomic E-state index is 13.0. The van der Waals surface area contributed by atoms with Gasteiger partial charge in [-0.1, -0.05) is 0 Å². The Labute approximate surface area is 130 Å². The highest BCUT2D eigenvalue weighted by Gasteiger charge is 2.34. The lowest BCUT2D eigenvalue weighted by Gasteiger charge is -2.33. The van der Waals surface area contributed by atoms with E-state index in [4.69, 9.17) is 5.11 Å². The predicted octanol–water partition coefficient (Wildman–Crippen LogP) is 4.86. The van der Waals surface area contributed by atoms with Gasteiger partial charge in [0.25, 0.3) is 0 Å². The first kappa shape index (κ1) is 18.5. The van der Waals surface area contributed by atoms with Crippen LogP contribution in [0.1, 0.15) is 59.3 Å². The number of carbonyl (C=O) groups is 1. The van der Waals surface area contributed by atoms with E-state index >= 15 is 0 Å². The summed E-state index contributed by atoms with van der Waals surface area (Å²) in [4.78, 5) is 12.6. The second-order valence-electron chi connectivity index (χ2n) is 6.74. The van der Waals surface area contributed by atoms with Crippen molar-refractivity contribution in [2.75, 3.05) is 12.3 Å². The van der Waals surface area contributed by atoms with Crippen LogP contribution in [0.2, 0.25) is 0 Å². The van der Waals surface area contributed by atoms with Gasteiger partial charge in [-0.2, -0.15) is 11.8 Å². The first-order valence-electron chi connectivity index (χ1n) is 7.62. The molecule has 0 aromatic heterocycles. The topological polar surface area (TPSA) is 40.5 Å². The lowest BCUT2D eigenvalue weighted by molar-refractivity contribution is -0.0323. The molecule has 0 spiro atoms. The minimum atomic E-state index is -2.45. The smallest absolute Gasteiger partial charge is 0.407 e. The van der Waals surface area contributed by atoms with Crippen LogP contribution in [-0.2, 0) is 0 Å². The lowest BCUT2D eigenvalue weighted by atomic mass is 9.96. The number of hydrogen-bond donors (Lipinski definition) is 1. The normalized spacial score (nSPS) is 19.5. The van der Waals surface area contributed by atoms with Crippen molar-refractivity contribution >= 4 is 17.9 Å². The number of alkyl halides is 2. The third-order valence-corrected chi connectivity index (χ3v) is 5.30. The molecule has 0 aromatic rings. The SMILES string of the molecule is CC(C)(C)N(CCCCSC1CCC(F)(F)CC1)C(=O)O. The molecule has 0 bridgehead atoms. The second-order valence-corrected chi connectivity index (χ2v) is 8.15. The third-order valence-electron chi connectivity index (χ3n) is 3.83. The molecule has 1 N–H and O–H groups in total. The van der Waals surface area contributed by atoms with Gasteiger partial charge in [0.15, 0.2) is 0 Å². The van der Waals surface area contributed by atoms with Gasteiger partial charge in [-0.15, -0.1) is 0 Å². The zero-order valence-corrected chi connectivity index (χ0v) is 14.0. The average Bonchev–Trinajstić information content (AvgIpc) is 2.33. The second kappa shape index (κ2) is 7.65. The molecule has 1 aliphatic carbocycles.